The number of hydrogen-bond donors (Lipinski definition) is 1. The van der Waals surface area contributed by atoms with Crippen molar-refractivity contribution in [2.24, 2.45) is 0 Å². The zero-order valence-electron chi connectivity index (χ0n) is 5.31. The summed E-state index contributed by atoms with van der Waals surface area (Å²) in [5.74, 6) is 0. The molecule has 0 aliphatic rings. The lowest BCUT2D eigenvalue weighted by molar-refractivity contribution is 0.658. The van der Waals surface area contributed by atoms with Crippen molar-refractivity contribution in [1.29, 1.82) is 5.26 Å². The van der Waals surface area contributed by atoms with Crippen LogP contribution in [0.2, 0.25) is 0 Å². The van der Waals surface area contributed by atoms with Crippen LogP contribution in [0.15, 0.2) is 0 Å². The molecule has 0 aromatic carbocycles. The van der Waals surface area contributed by atoms with E-state index in [2.05, 4.69) is 18.7 Å². The molecule has 0 fully saturated rings. The van der Waals surface area contributed by atoms with Crippen LogP contribution in [0, 0.1) is 11.3 Å². The first-order valence-electron chi connectivity index (χ1n) is 2.65. The van der Waals surface area contributed by atoms with Crippen molar-refractivity contribution in [2.75, 3.05) is 0 Å². The summed E-state index contributed by atoms with van der Waals surface area (Å²) in [6.45, 7) is 4.01. The molecule has 0 rings (SSSR count). The van der Waals surface area contributed by atoms with E-state index in [0.717, 1.165) is 6.42 Å². The van der Waals surface area contributed by atoms with E-state index < -0.39 is 0 Å². The molecule has 0 aliphatic carbocycles. The van der Waals surface area contributed by atoms with E-state index in [1.165, 1.54) is 0 Å². The van der Waals surface area contributed by atoms with Gasteiger partial charge in [0.2, 0.25) is 0 Å². The maximum absolute atomic E-state index is 8.15. The van der Waals surface area contributed by atoms with Crippen molar-refractivity contribution < 1.29 is 0 Å². The van der Waals surface area contributed by atoms with Crippen LogP contribution >= 0.6 is 12.6 Å². The zero-order valence-corrected chi connectivity index (χ0v) is 6.20. The fourth-order valence-electron chi connectivity index (χ4n) is 0.362. The Morgan fingerprint density at radius 3 is 2.25 bits per heavy atom. The molecule has 8 heavy (non-hydrogen) atoms. The predicted molar refractivity (Wildman–Crippen MR) is 37.9 cm³/mol. The number of thiol groups is 1. The fraction of sp³-hybridized carbons (Fsp3) is 0.833. The highest BCUT2D eigenvalue weighted by Crippen LogP contribution is 2.17. The van der Waals surface area contributed by atoms with Crippen molar-refractivity contribution >= 4 is 12.6 Å². The van der Waals surface area contributed by atoms with Crippen molar-refractivity contribution in [2.45, 2.75) is 31.4 Å². The predicted octanol–water partition coefficient (Wildman–Crippen LogP) is 2.00. The molecule has 1 nitrogen and oxygen atoms in total. The second-order valence-corrected chi connectivity index (χ2v) is 3.68. The van der Waals surface area contributed by atoms with Crippen LogP contribution in [-0.4, -0.2) is 4.75 Å². The molecular formula is C6H11NS. The van der Waals surface area contributed by atoms with Gasteiger partial charge in [0.05, 0.1) is 6.07 Å². The Balaban J connectivity index is 3.28. The Kier molecular flexibility index (Phi) is 2.93. The highest BCUT2D eigenvalue weighted by molar-refractivity contribution is 7.81. The molecule has 0 atom stereocenters. The van der Waals surface area contributed by atoms with Gasteiger partial charge in [-0.1, -0.05) is 13.8 Å². The molecule has 0 aromatic heterocycles. The smallest absolute Gasteiger partial charge is 0.0622 e. The van der Waals surface area contributed by atoms with Crippen molar-refractivity contribution in [3.63, 3.8) is 0 Å². The highest BCUT2D eigenvalue weighted by Gasteiger charge is 2.08. The minimum atomic E-state index is 0.0235. The average molecular weight is 129 g/mol. The van der Waals surface area contributed by atoms with Gasteiger partial charge in [0.15, 0.2) is 0 Å². The van der Waals surface area contributed by atoms with E-state index in [1.54, 1.807) is 0 Å². The summed E-state index contributed by atoms with van der Waals surface area (Å²) >= 11 is 4.24. The van der Waals surface area contributed by atoms with Gasteiger partial charge in [-0.15, -0.1) is 0 Å². The molecule has 0 radical (unpaired) electrons. The number of nitrogens with zero attached hydrogens (tertiary/aromatic N) is 1. The van der Waals surface area contributed by atoms with Crippen LogP contribution in [0.3, 0.4) is 0 Å². The van der Waals surface area contributed by atoms with Gasteiger partial charge < -0.3 is 0 Å². The lowest BCUT2D eigenvalue weighted by Crippen LogP contribution is -2.08. The Morgan fingerprint density at radius 1 is 1.62 bits per heavy atom. The van der Waals surface area contributed by atoms with Crippen LogP contribution in [-0.2, 0) is 0 Å². The monoisotopic (exact) mass is 129 g/mol. The van der Waals surface area contributed by atoms with Crippen LogP contribution in [0.5, 0.6) is 0 Å². The van der Waals surface area contributed by atoms with Crippen molar-refractivity contribution in [1.82, 2.24) is 0 Å². The summed E-state index contributed by atoms with van der Waals surface area (Å²) in [5, 5.41) is 8.15. The third-order valence-electron chi connectivity index (χ3n) is 0.849. The molecule has 0 unspecified atom stereocenters. The first kappa shape index (κ1) is 7.84. The number of hydrogen-bond acceptors (Lipinski definition) is 2. The quantitative estimate of drug-likeness (QED) is 0.566. The molecule has 2 heteroatoms. The third-order valence-corrected chi connectivity index (χ3v) is 1.07. The minimum absolute atomic E-state index is 0.0235. The molecule has 0 aliphatic heterocycles. The van der Waals surface area contributed by atoms with Gasteiger partial charge in [0, 0.05) is 11.2 Å². The van der Waals surface area contributed by atoms with E-state index in [1.807, 2.05) is 13.8 Å². The van der Waals surface area contributed by atoms with Crippen molar-refractivity contribution in [3.05, 3.63) is 0 Å². The van der Waals surface area contributed by atoms with E-state index in [4.69, 9.17) is 5.26 Å². The summed E-state index contributed by atoms with van der Waals surface area (Å²) < 4.78 is 0.0235. The van der Waals surface area contributed by atoms with E-state index in [9.17, 15) is 0 Å². The van der Waals surface area contributed by atoms with Gasteiger partial charge in [0.25, 0.3) is 0 Å². The molecule has 46 valence electrons. The second-order valence-electron chi connectivity index (χ2n) is 2.47. The van der Waals surface area contributed by atoms with Gasteiger partial charge >= 0.3 is 0 Å². The van der Waals surface area contributed by atoms with E-state index >= 15 is 0 Å². The van der Waals surface area contributed by atoms with Gasteiger partial charge in [-0.3, -0.25) is 0 Å². The Morgan fingerprint density at radius 2 is 2.12 bits per heavy atom. The van der Waals surface area contributed by atoms with Crippen LogP contribution in [0.25, 0.3) is 0 Å². The highest BCUT2D eigenvalue weighted by atomic mass is 32.1. The maximum Gasteiger partial charge on any atom is 0.0622 e. The summed E-state index contributed by atoms with van der Waals surface area (Å²) in [7, 11) is 0. The summed E-state index contributed by atoms with van der Waals surface area (Å²) in [6.07, 6.45) is 1.48. The van der Waals surface area contributed by atoms with E-state index in [0.29, 0.717) is 6.42 Å². The van der Waals surface area contributed by atoms with Gasteiger partial charge in [-0.25, -0.2) is 0 Å². The first-order chi connectivity index (χ1) is 3.56. The van der Waals surface area contributed by atoms with Gasteiger partial charge in [-0.2, -0.15) is 17.9 Å². The Labute approximate surface area is 56.1 Å². The molecule has 0 bridgehead atoms. The lowest BCUT2D eigenvalue weighted by atomic mass is 10.1. The molecule has 0 aromatic rings. The molecule has 0 spiro atoms. The summed E-state index contributed by atoms with van der Waals surface area (Å²) in [4.78, 5) is 0. The standard InChI is InChI=1S/C6H11NS/c1-6(2,8)4-3-5-7/h8H,3-4H2,1-2H3. The van der Waals surface area contributed by atoms with Gasteiger partial charge in [-0.05, 0) is 6.42 Å². The number of nitriles is 1. The minimum Gasteiger partial charge on any atom is -0.198 e. The molecule has 0 saturated heterocycles. The molecule has 0 heterocycles. The topological polar surface area (TPSA) is 23.8 Å². The Hall–Kier alpha value is -0.160. The second kappa shape index (κ2) is 2.99. The molecular weight excluding hydrogens is 118 g/mol. The fourth-order valence-corrected chi connectivity index (χ4v) is 0.474. The average Bonchev–Trinajstić information content (AvgIpc) is 1.59. The summed E-state index contributed by atoms with van der Waals surface area (Å²) in [6, 6.07) is 2.08. The van der Waals surface area contributed by atoms with Gasteiger partial charge in [0.1, 0.15) is 0 Å². The van der Waals surface area contributed by atoms with Crippen LogP contribution < -0.4 is 0 Å². The molecule has 0 amide bonds. The lowest BCUT2D eigenvalue weighted by Gasteiger charge is -2.13. The van der Waals surface area contributed by atoms with Crippen molar-refractivity contribution in [3.8, 4) is 6.07 Å². The SMILES string of the molecule is CC(C)(S)CCC#N. The van der Waals surface area contributed by atoms with E-state index in [-0.39, 0.29) is 4.75 Å². The largest absolute Gasteiger partial charge is 0.198 e. The Bertz CT molecular complexity index is 96.1. The first-order valence-corrected chi connectivity index (χ1v) is 3.10. The molecule has 0 saturated carbocycles. The third kappa shape index (κ3) is 5.84. The van der Waals surface area contributed by atoms with Crippen LogP contribution in [0.4, 0.5) is 0 Å². The normalized spacial score (nSPS) is 10.8. The number of rotatable bonds is 2. The zero-order chi connectivity index (χ0) is 6.62. The molecule has 0 N–H and O–H groups in total. The summed E-state index contributed by atoms with van der Waals surface area (Å²) in [5.41, 5.74) is 0. The maximum atomic E-state index is 8.15. The van der Waals surface area contributed by atoms with Crippen LogP contribution in [0.1, 0.15) is 26.7 Å².